The highest BCUT2D eigenvalue weighted by atomic mass is 16.7. The largest absolute Gasteiger partial charge is 0.516 e. The van der Waals surface area contributed by atoms with Crippen LogP contribution in [0, 0.1) is 20.8 Å². The predicted molar refractivity (Wildman–Crippen MR) is 255 cm³/mol. The van der Waals surface area contributed by atoms with Gasteiger partial charge in [-0.2, -0.15) is 0 Å². The van der Waals surface area contributed by atoms with Crippen LogP contribution in [0.2, 0.25) is 0 Å². The number of benzene rings is 4. The van der Waals surface area contributed by atoms with Gasteiger partial charge in [0.15, 0.2) is 5.78 Å². The van der Waals surface area contributed by atoms with Crippen molar-refractivity contribution in [2.24, 2.45) is 5.73 Å². The summed E-state index contributed by atoms with van der Waals surface area (Å²) in [7, 11) is 0. The highest BCUT2D eigenvalue weighted by Gasteiger charge is 2.31. The lowest BCUT2D eigenvalue weighted by Crippen LogP contribution is -2.48. The molecular formula is C49H52N4O20. The number of hydrogen-bond donors (Lipinski definition) is 7. The standard InChI is InChI=1S/C14H12N2O5.C14H16O7.2C8H8O3.C5H8N2O2/c15-7-1-3-9-12(5-7)21-14(20)16(13(9)19)10-4-2-8(17)6-11(10)18;1-4-18-13(16)20-11-8-9(3)6-7-10(11)12(15)21-14(17)19-5-2;2*1-5-2-3-6(8(10)11)7(9)4-5;6-3-1-2-4(8)7-5(3)9/h1,3,5,10H,2,4,6,15H2;6-8H,4-5H2,1-3H3;2*2-4,9H,1H3,(H,10,11);3H,1-2,6H2,(H,7,8,9). The number of imide groups is 1. The monoisotopic (exact) mass is 1020 g/mol. The molecule has 9 N–H and O–H groups in total. The number of nitrogens with two attached hydrogens (primary N) is 2. The molecule has 0 radical (unpaired) electrons. The number of nitrogen functional groups attached to an aromatic ring is 1. The number of aromatic carboxylic acids is 2. The highest BCUT2D eigenvalue weighted by Crippen LogP contribution is 2.24. The molecule has 0 bridgehead atoms. The van der Waals surface area contributed by atoms with E-state index in [2.05, 4.69) is 19.5 Å². The zero-order valence-corrected chi connectivity index (χ0v) is 40.0. The van der Waals surface area contributed by atoms with Crippen LogP contribution in [0.3, 0.4) is 0 Å². The fraction of sp³-hybridized carbons (Fsp3) is 0.286. The predicted octanol–water partition coefficient (Wildman–Crippen LogP) is 4.79. The van der Waals surface area contributed by atoms with Crippen LogP contribution in [0.5, 0.6) is 17.2 Å². The molecule has 2 unspecified atom stereocenters. The first-order chi connectivity index (χ1) is 34.4. The average molecular weight is 1020 g/mol. The quantitative estimate of drug-likeness (QED) is 0.0379. The summed E-state index contributed by atoms with van der Waals surface area (Å²) in [5.74, 6) is -5.72. The van der Waals surface area contributed by atoms with Gasteiger partial charge in [0.2, 0.25) is 11.8 Å². The van der Waals surface area contributed by atoms with Gasteiger partial charge in [-0.3, -0.25) is 29.3 Å². The van der Waals surface area contributed by atoms with E-state index in [1.165, 1.54) is 54.6 Å². The molecule has 1 aromatic heterocycles. The number of nitrogens with one attached hydrogen (secondary N) is 1. The van der Waals surface area contributed by atoms with E-state index in [0.717, 1.165) is 21.3 Å². The molecule has 2 amide bonds. The van der Waals surface area contributed by atoms with Crippen LogP contribution in [-0.2, 0) is 33.4 Å². The van der Waals surface area contributed by atoms with E-state index in [-0.39, 0.29) is 95.0 Å². The van der Waals surface area contributed by atoms with Crippen LogP contribution in [0.15, 0.2) is 86.8 Å². The molecule has 388 valence electrons. The number of piperidine rings is 1. The summed E-state index contributed by atoms with van der Waals surface area (Å²) in [6.45, 7) is 8.72. The first-order valence-electron chi connectivity index (χ1n) is 21.9. The number of carboxylic acid groups (broad SMARTS) is 2. The maximum absolute atomic E-state index is 12.4. The number of hydrogen-bond acceptors (Lipinski definition) is 20. The van der Waals surface area contributed by atoms with Crippen molar-refractivity contribution in [3.63, 3.8) is 0 Å². The molecule has 7 rings (SSSR count). The number of fused-ring (bicyclic) bond motifs is 1. The lowest BCUT2D eigenvalue weighted by atomic mass is 9.93. The molecule has 0 spiro atoms. The summed E-state index contributed by atoms with van der Waals surface area (Å²) in [5, 5.41) is 37.5. The molecule has 4 aromatic carbocycles. The van der Waals surface area contributed by atoms with Gasteiger partial charge in [-0.05, 0) is 113 Å². The molecule has 2 heterocycles. The SMILES string of the molecule is CCOC(=O)OC(=O)c1ccc(C)cc1OC(=O)OCC.Cc1ccc(C(=O)O)c(O)c1.Cc1ccc(C(=O)O)c(O)c1.NC1CCC(=O)NC1=O.Nc1ccc2c(=O)n(C3CCC(=O)CC3=O)c(=O)oc2c1. The molecule has 1 saturated carbocycles. The molecule has 1 aliphatic carbocycles. The summed E-state index contributed by atoms with van der Waals surface area (Å²) in [6.07, 6.45) is -1.17. The second kappa shape index (κ2) is 27.3. The molecule has 2 fully saturated rings. The third-order valence-corrected chi connectivity index (χ3v) is 9.90. The Kier molecular flexibility index (Phi) is 21.7. The van der Waals surface area contributed by atoms with Gasteiger partial charge >= 0.3 is 36.0 Å². The highest BCUT2D eigenvalue weighted by molar-refractivity contribution is 6.03. The number of phenols is 2. The Balaban J connectivity index is 0.000000252. The maximum Gasteiger partial charge on any atom is 0.516 e. The Labute approximate surface area is 414 Å². The van der Waals surface area contributed by atoms with Crippen LogP contribution in [0.25, 0.3) is 11.0 Å². The van der Waals surface area contributed by atoms with Crippen molar-refractivity contribution in [1.82, 2.24) is 9.88 Å². The Morgan fingerprint density at radius 3 is 1.74 bits per heavy atom. The molecule has 24 heteroatoms. The number of carboxylic acids is 2. The van der Waals surface area contributed by atoms with Gasteiger partial charge < -0.3 is 55.3 Å². The molecule has 2 aliphatic rings. The van der Waals surface area contributed by atoms with Crippen LogP contribution in [0.4, 0.5) is 15.3 Å². The number of carbonyl (C=O) groups excluding carboxylic acids is 7. The van der Waals surface area contributed by atoms with E-state index < -0.39 is 59.4 Å². The number of aromatic nitrogens is 1. The number of Topliss-reactive ketones (excluding diaryl/α,β-unsaturated/α-hetero) is 2. The zero-order chi connectivity index (χ0) is 54.7. The molecule has 1 aliphatic heterocycles. The van der Waals surface area contributed by atoms with E-state index in [0.29, 0.717) is 18.5 Å². The van der Waals surface area contributed by atoms with Crippen LogP contribution < -0.4 is 32.8 Å². The van der Waals surface area contributed by atoms with Gasteiger partial charge in [0.05, 0.1) is 31.1 Å². The van der Waals surface area contributed by atoms with E-state index in [9.17, 15) is 52.7 Å². The smallest absolute Gasteiger partial charge is 0.507 e. The number of amides is 2. The molecular weight excluding hydrogens is 965 g/mol. The van der Waals surface area contributed by atoms with Gasteiger partial charge in [-0.25, -0.2) is 33.3 Å². The minimum Gasteiger partial charge on any atom is -0.507 e. The number of aryl methyl sites for hydroxylation is 3. The number of ketones is 2. The first-order valence-corrected chi connectivity index (χ1v) is 21.9. The number of anilines is 1. The van der Waals surface area contributed by atoms with Crippen molar-refractivity contribution in [2.75, 3.05) is 18.9 Å². The topological polar surface area (TPSA) is 388 Å². The van der Waals surface area contributed by atoms with Gasteiger partial charge in [-0.1, -0.05) is 18.2 Å². The second-order valence-electron chi connectivity index (χ2n) is 15.6. The van der Waals surface area contributed by atoms with Crippen molar-refractivity contribution in [3.8, 4) is 17.2 Å². The molecule has 24 nitrogen and oxygen atoms in total. The van der Waals surface area contributed by atoms with Gasteiger partial charge in [0.1, 0.15) is 51.3 Å². The third kappa shape index (κ3) is 17.6. The summed E-state index contributed by atoms with van der Waals surface area (Å²) < 4.78 is 24.4. The number of ether oxygens (including phenoxy) is 4. The van der Waals surface area contributed by atoms with Crippen LogP contribution >= 0.6 is 0 Å². The van der Waals surface area contributed by atoms with Crippen molar-refractivity contribution < 1.29 is 86.9 Å². The average Bonchev–Trinajstić information content (AvgIpc) is 3.29. The molecule has 5 aromatic rings. The summed E-state index contributed by atoms with van der Waals surface area (Å²) in [4.78, 5) is 124. The van der Waals surface area contributed by atoms with E-state index in [4.69, 9.17) is 41.0 Å². The number of esters is 1. The Morgan fingerprint density at radius 2 is 1.25 bits per heavy atom. The Hall–Kier alpha value is -9.19. The van der Waals surface area contributed by atoms with Gasteiger partial charge in [0, 0.05) is 24.6 Å². The number of carbonyl (C=O) groups is 9. The van der Waals surface area contributed by atoms with E-state index >= 15 is 0 Å². The Morgan fingerprint density at radius 1 is 0.712 bits per heavy atom. The number of aromatic hydroxyl groups is 2. The lowest BCUT2D eigenvalue weighted by molar-refractivity contribution is -0.135. The molecule has 2 atom stereocenters. The van der Waals surface area contributed by atoms with Gasteiger partial charge in [0.25, 0.3) is 5.56 Å². The maximum atomic E-state index is 12.4. The minimum absolute atomic E-state index is 0.0530. The summed E-state index contributed by atoms with van der Waals surface area (Å²) in [5.41, 5.74) is 12.9. The van der Waals surface area contributed by atoms with Crippen LogP contribution in [-0.4, -0.2) is 97.8 Å². The lowest BCUT2D eigenvalue weighted by Gasteiger charge is -2.20. The number of rotatable bonds is 7. The Bertz CT molecular complexity index is 2970. The fourth-order valence-corrected chi connectivity index (χ4v) is 6.31. The van der Waals surface area contributed by atoms with Crippen molar-refractivity contribution in [3.05, 3.63) is 127 Å². The van der Waals surface area contributed by atoms with Crippen molar-refractivity contribution in [2.45, 2.75) is 78.8 Å². The van der Waals surface area contributed by atoms with Crippen LogP contribution in [0.1, 0.15) is 99.8 Å². The van der Waals surface area contributed by atoms with Gasteiger partial charge in [-0.15, -0.1) is 0 Å². The zero-order valence-electron chi connectivity index (χ0n) is 40.0. The van der Waals surface area contributed by atoms with E-state index in [1.807, 2.05) is 0 Å². The molecule has 1 saturated heterocycles. The number of nitrogens with zero attached hydrogens (tertiary/aromatic N) is 1. The van der Waals surface area contributed by atoms with Crippen molar-refractivity contribution >= 4 is 70.3 Å². The third-order valence-electron chi connectivity index (χ3n) is 9.90. The minimum atomic E-state index is -1.12. The first kappa shape index (κ1) is 58.1. The normalized spacial score (nSPS) is 14.6. The van der Waals surface area contributed by atoms with E-state index in [1.54, 1.807) is 52.8 Å². The fourth-order valence-electron chi connectivity index (χ4n) is 6.31. The summed E-state index contributed by atoms with van der Waals surface area (Å²) >= 11 is 0. The molecule has 73 heavy (non-hydrogen) atoms. The van der Waals surface area contributed by atoms with Crippen molar-refractivity contribution in [1.29, 1.82) is 0 Å². The second-order valence-corrected chi connectivity index (χ2v) is 15.6. The summed E-state index contributed by atoms with van der Waals surface area (Å²) in [6, 6.07) is 16.3.